The van der Waals surface area contributed by atoms with E-state index < -0.39 is 11.5 Å². The van der Waals surface area contributed by atoms with Crippen LogP contribution in [0.5, 0.6) is 0 Å². The molecule has 18 heavy (non-hydrogen) atoms. The van der Waals surface area contributed by atoms with Gasteiger partial charge in [-0.1, -0.05) is 17.7 Å². The molecule has 0 spiro atoms. The summed E-state index contributed by atoms with van der Waals surface area (Å²) in [6.45, 7) is 2.19. The minimum Gasteiger partial charge on any atom is -0.479 e. The zero-order valence-corrected chi connectivity index (χ0v) is 10.8. The molecule has 98 valence electrons. The van der Waals surface area contributed by atoms with Gasteiger partial charge in [-0.25, -0.2) is 4.79 Å². The lowest BCUT2D eigenvalue weighted by atomic mass is 9.93. The van der Waals surface area contributed by atoms with Crippen molar-refractivity contribution >= 4 is 11.7 Å². The Morgan fingerprint density at radius 2 is 2.06 bits per heavy atom. The third kappa shape index (κ3) is 2.48. The Hall–Kier alpha value is -1.55. The lowest BCUT2D eigenvalue weighted by Gasteiger charge is -2.31. The van der Waals surface area contributed by atoms with Crippen LogP contribution in [0.3, 0.4) is 0 Å². The largest absolute Gasteiger partial charge is 0.479 e. The molecule has 0 amide bonds. The highest BCUT2D eigenvalue weighted by Gasteiger charge is 2.51. The van der Waals surface area contributed by atoms with Gasteiger partial charge in [0.25, 0.3) is 0 Å². The monoisotopic (exact) mass is 249 g/mol. The molecule has 0 saturated heterocycles. The summed E-state index contributed by atoms with van der Waals surface area (Å²) in [6, 6.07) is 7.75. The van der Waals surface area contributed by atoms with Gasteiger partial charge >= 0.3 is 5.97 Å². The van der Waals surface area contributed by atoms with Gasteiger partial charge in [0.2, 0.25) is 0 Å². The van der Waals surface area contributed by atoms with Crippen molar-refractivity contribution in [3.05, 3.63) is 29.8 Å². The normalized spacial score (nSPS) is 18.1. The summed E-state index contributed by atoms with van der Waals surface area (Å²) in [4.78, 5) is 11.6. The SMILES string of the molecule is COCC(Nc1ccc(C)cc1)(C(=O)O)C1CC1. The number of rotatable bonds is 6. The van der Waals surface area contributed by atoms with Crippen molar-refractivity contribution in [3.8, 4) is 0 Å². The molecule has 1 saturated carbocycles. The number of nitrogens with one attached hydrogen (secondary N) is 1. The zero-order chi connectivity index (χ0) is 13.2. The van der Waals surface area contributed by atoms with Gasteiger partial charge in [0.05, 0.1) is 6.61 Å². The average molecular weight is 249 g/mol. The molecule has 2 rings (SSSR count). The van der Waals surface area contributed by atoms with Gasteiger partial charge in [0.1, 0.15) is 0 Å². The van der Waals surface area contributed by atoms with E-state index in [1.165, 1.54) is 7.11 Å². The summed E-state index contributed by atoms with van der Waals surface area (Å²) in [6.07, 6.45) is 1.88. The van der Waals surface area contributed by atoms with E-state index in [0.717, 1.165) is 24.1 Å². The Balaban J connectivity index is 2.23. The third-order valence-electron chi connectivity index (χ3n) is 3.45. The molecule has 2 N–H and O–H groups in total. The van der Waals surface area contributed by atoms with Crippen LogP contribution >= 0.6 is 0 Å². The first-order chi connectivity index (χ1) is 8.58. The highest BCUT2D eigenvalue weighted by molar-refractivity contribution is 5.84. The second kappa shape index (κ2) is 4.98. The maximum atomic E-state index is 11.6. The lowest BCUT2D eigenvalue weighted by molar-refractivity contribution is -0.145. The standard InChI is InChI=1S/C14H19NO3/c1-10-3-7-12(8-4-10)15-14(9-18-2,13(16)17)11-5-6-11/h3-4,7-8,11,15H,5-6,9H2,1-2H3,(H,16,17). The fourth-order valence-electron chi connectivity index (χ4n) is 2.24. The fraction of sp³-hybridized carbons (Fsp3) is 0.500. The van der Waals surface area contributed by atoms with Crippen molar-refractivity contribution in [1.29, 1.82) is 0 Å². The van der Waals surface area contributed by atoms with Gasteiger partial charge in [0, 0.05) is 12.8 Å². The van der Waals surface area contributed by atoms with Crippen LogP contribution in [-0.4, -0.2) is 30.3 Å². The first-order valence-corrected chi connectivity index (χ1v) is 6.15. The minimum absolute atomic E-state index is 0.149. The van der Waals surface area contributed by atoms with E-state index in [4.69, 9.17) is 4.74 Å². The number of hydrogen-bond donors (Lipinski definition) is 2. The number of methoxy groups -OCH3 is 1. The first kappa shape index (κ1) is 12.9. The second-order valence-electron chi connectivity index (χ2n) is 4.97. The smallest absolute Gasteiger partial charge is 0.332 e. The first-order valence-electron chi connectivity index (χ1n) is 6.15. The molecule has 1 fully saturated rings. The van der Waals surface area contributed by atoms with E-state index in [1.807, 2.05) is 31.2 Å². The van der Waals surface area contributed by atoms with Crippen molar-refractivity contribution in [2.24, 2.45) is 5.92 Å². The summed E-state index contributed by atoms with van der Waals surface area (Å²) >= 11 is 0. The van der Waals surface area contributed by atoms with Crippen molar-refractivity contribution in [2.75, 3.05) is 19.0 Å². The van der Waals surface area contributed by atoms with E-state index in [0.29, 0.717) is 0 Å². The Bertz CT molecular complexity index is 425. The fourth-order valence-corrected chi connectivity index (χ4v) is 2.24. The quantitative estimate of drug-likeness (QED) is 0.812. The zero-order valence-electron chi connectivity index (χ0n) is 10.8. The number of aryl methyl sites for hydroxylation is 1. The van der Waals surface area contributed by atoms with Crippen LogP contribution in [0.1, 0.15) is 18.4 Å². The molecule has 1 aliphatic rings. The number of ether oxygens (including phenoxy) is 1. The van der Waals surface area contributed by atoms with Crippen LogP contribution in [0.2, 0.25) is 0 Å². The molecule has 1 aliphatic carbocycles. The summed E-state index contributed by atoms with van der Waals surface area (Å²) in [5.41, 5.74) is 0.982. The van der Waals surface area contributed by atoms with Gasteiger partial charge < -0.3 is 15.2 Å². The van der Waals surface area contributed by atoms with Crippen LogP contribution < -0.4 is 5.32 Å². The van der Waals surface area contributed by atoms with Gasteiger partial charge in [-0.15, -0.1) is 0 Å². The predicted octanol–water partition coefficient (Wildman–Crippen LogP) is 2.29. The third-order valence-corrected chi connectivity index (χ3v) is 3.45. The molecule has 1 aromatic rings. The molecule has 0 aromatic heterocycles. The summed E-state index contributed by atoms with van der Waals surface area (Å²) in [5.74, 6) is -0.691. The van der Waals surface area contributed by atoms with Crippen molar-refractivity contribution in [2.45, 2.75) is 25.3 Å². The molecule has 0 radical (unpaired) electrons. The summed E-state index contributed by atoms with van der Waals surface area (Å²) < 4.78 is 5.12. The number of carboxylic acids is 1. The Kier molecular flexibility index (Phi) is 3.57. The number of hydrogen-bond acceptors (Lipinski definition) is 3. The minimum atomic E-state index is -0.996. The number of aliphatic carboxylic acids is 1. The Morgan fingerprint density at radius 3 is 2.50 bits per heavy atom. The highest BCUT2D eigenvalue weighted by Crippen LogP contribution is 2.42. The molecule has 0 aliphatic heterocycles. The van der Waals surface area contributed by atoms with Crippen molar-refractivity contribution in [1.82, 2.24) is 0 Å². The summed E-state index contributed by atoms with van der Waals surface area (Å²) in [5, 5.41) is 12.7. The number of carbonyl (C=O) groups is 1. The van der Waals surface area contributed by atoms with Crippen LogP contribution in [0.25, 0.3) is 0 Å². The molecule has 4 heteroatoms. The molecule has 1 aromatic carbocycles. The van der Waals surface area contributed by atoms with Gasteiger partial charge in [-0.05, 0) is 37.8 Å². The van der Waals surface area contributed by atoms with Gasteiger partial charge in [-0.3, -0.25) is 0 Å². The molecular formula is C14H19NO3. The summed E-state index contributed by atoms with van der Waals surface area (Å²) in [7, 11) is 1.54. The topological polar surface area (TPSA) is 58.6 Å². The Labute approximate surface area is 107 Å². The molecule has 4 nitrogen and oxygen atoms in total. The molecule has 0 heterocycles. The van der Waals surface area contributed by atoms with E-state index >= 15 is 0 Å². The van der Waals surface area contributed by atoms with E-state index in [9.17, 15) is 9.90 Å². The maximum absolute atomic E-state index is 11.6. The van der Waals surface area contributed by atoms with Crippen LogP contribution in [0.4, 0.5) is 5.69 Å². The number of anilines is 1. The molecule has 1 unspecified atom stereocenters. The molecule has 0 bridgehead atoms. The maximum Gasteiger partial charge on any atom is 0.332 e. The van der Waals surface area contributed by atoms with Gasteiger partial charge in [-0.2, -0.15) is 0 Å². The van der Waals surface area contributed by atoms with Crippen LogP contribution in [0, 0.1) is 12.8 Å². The lowest BCUT2D eigenvalue weighted by Crippen LogP contribution is -2.52. The number of carboxylic acid groups (broad SMARTS) is 1. The predicted molar refractivity (Wildman–Crippen MR) is 69.8 cm³/mol. The second-order valence-corrected chi connectivity index (χ2v) is 4.97. The molecular weight excluding hydrogens is 230 g/mol. The van der Waals surface area contributed by atoms with E-state index in [1.54, 1.807) is 0 Å². The van der Waals surface area contributed by atoms with Gasteiger partial charge in [0.15, 0.2) is 5.54 Å². The average Bonchev–Trinajstić information content (AvgIpc) is 3.15. The van der Waals surface area contributed by atoms with E-state index in [-0.39, 0.29) is 12.5 Å². The van der Waals surface area contributed by atoms with E-state index in [2.05, 4.69) is 5.32 Å². The highest BCUT2D eigenvalue weighted by atomic mass is 16.5. The van der Waals surface area contributed by atoms with Crippen molar-refractivity contribution in [3.63, 3.8) is 0 Å². The molecule has 1 atom stereocenters. The number of benzene rings is 1. The van der Waals surface area contributed by atoms with Crippen LogP contribution in [0.15, 0.2) is 24.3 Å². The van der Waals surface area contributed by atoms with Crippen molar-refractivity contribution < 1.29 is 14.6 Å². The van der Waals surface area contributed by atoms with Crippen LogP contribution in [-0.2, 0) is 9.53 Å². The Morgan fingerprint density at radius 1 is 1.44 bits per heavy atom.